The Hall–Kier alpha value is -0.200. The van der Waals surface area contributed by atoms with Crippen LogP contribution in [0.15, 0.2) is 0 Å². The average molecular weight is 261 g/mol. The lowest BCUT2D eigenvalue weighted by atomic mass is 10.0. The summed E-state index contributed by atoms with van der Waals surface area (Å²) in [6.45, 7) is 7.61. The second kappa shape index (κ2) is 9.69. The Morgan fingerprint density at radius 2 is 2.17 bits per heavy atom. The van der Waals surface area contributed by atoms with E-state index in [1.807, 2.05) is 6.92 Å². The Morgan fingerprint density at radius 3 is 2.89 bits per heavy atom. The molecule has 18 heavy (non-hydrogen) atoms. The SMILES string of the molecule is CCOCCOCC(O)CNC1CCOC(C)C1. The van der Waals surface area contributed by atoms with Crippen molar-refractivity contribution in [3.63, 3.8) is 0 Å². The lowest BCUT2D eigenvalue weighted by molar-refractivity contribution is -0.00437. The molecule has 3 atom stereocenters. The second-order valence-electron chi connectivity index (χ2n) is 4.74. The summed E-state index contributed by atoms with van der Waals surface area (Å²) in [6, 6.07) is 0.451. The largest absolute Gasteiger partial charge is 0.389 e. The van der Waals surface area contributed by atoms with Gasteiger partial charge < -0.3 is 24.6 Å². The van der Waals surface area contributed by atoms with Gasteiger partial charge in [-0.1, -0.05) is 0 Å². The molecule has 3 unspecified atom stereocenters. The molecular formula is C13H27NO4. The Balaban J connectivity index is 1.97. The van der Waals surface area contributed by atoms with Crippen molar-refractivity contribution >= 4 is 0 Å². The normalized spacial score (nSPS) is 26.2. The van der Waals surface area contributed by atoms with Gasteiger partial charge in [0.15, 0.2) is 0 Å². The fourth-order valence-corrected chi connectivity index (χ4v) is 2.03. The molecule has 1 heterocycles. The highest BCUT2D eigenvalue weighted by molar-refractivity contribution is 4.75. The lowest BCUT2D eigenvalue weighted by Crippen LogP contribution is -2.42. The predicted molar refractivity (Wildman–Crippen MR) is 69.8 cm³/mol. The summed E-state index contributed by atoms with van der Waals surface area (Å²) in [4.78, 5) is 0. The minimum Gasteiger partial charge on any atom is -0.389 e. The van der Waals surface area contributed by atoms with Crippen LogP contribution in [0.2, 0.25) is 0 Å². The van der Waals surface area contributed by atoms with Gasteiger partial charge in [0, 0.05) is 25.8 Å². The third kappa shape index (κ3) is 7.28. The van der Waals surface area contributed by atoms with Gasteiger partial charge in [-0.2, -0.15) is 0 Å². The van der Waals surface area contributed by atoms with Crippen LogP contribution in [-0.2, 0) is 14.2 Å². The first-order chi connectivity index (χ1) is 8.72. The maximum atomic E-state index is 9.74. The summed E-state index contributed by atoms with van der Waals surface area (Å²) in [6.07, 6.45) is 1.89. The Bertz CT molecular complexity index is 203. The van der Waals surface area contributed by atoms with Gasteiger partial charge in [0.05, 0.1) is 32.0 Å². The van der Waals surface area contributed by atoms with Crippen LogP contribution in [0.1, 0.15) is 26.7 Å². The zero-order valence-corrected chi connectivity index (χ0v) is 11.6. The van der Waals surface area contributed by atoms with Gasteiger partial charge in [0.1, 0.15) is 0 Å². The molecule has 0 aromatic rings. The summed E-state index contributed by atoms with van der Waals surface area (Å²) >= 11 is 0. The Morgan fingerprint density at radius 1 is 1.39 bits per heavy atom. The number of hydrogen-bond donors (Lipinski definition) is 2. The highest BCUT2D eigenvalue weighted by Crippen LogP contribution is 2.12. The smallest absolute Gasteiger partial charge is 0.0897 e. The quantitative estimate of drug-likeness (QED) is 0.594. The third-order valence-corrected chi connectivity index (χ3v) is 3.01. The number of ether oxygens (including phenoxy) is 3. The number of nitrogens with one attached hydrogen (secondary N) is 1. The molecule has 0 radical (unpaired) electrons. The van der Waals surface area contributed by atoms with Gasteiger partial charge >= 0.3 is 0 Å². The zero-order chi connectivity index (χ0) is 13.2. The maximum Gasteiger partial charge on any atom is 0.0897 e. The van der Waals surface area contributed by atoms with Crippen molar-refractivity contribution in [2.75, 3.05) is 39.6 Å². The van der Waals surface area contributed by atoms with E-state index in [-0.39, 0.29) is 0 Å². The molecule has 5 heteroatoms. The molecule has 2 N–H and O–H groups in total. The topological polar surface area (TPSA) is 60.0 Å². The maximum absolute atomic E-state index is 9.74. The molecule has 0 bridgehead atoms. The van der Waals surface area contributed by atoms with E-state index >= 15 is 0 Å². The fourth-order valence-electron chi connectivity index (χ4n) is 2.03. The molecule has 1 rings (SSSR count). The number of rotatable bonds is 9. The minimum absolute atomic E-state index is 0.316. The Labute approximate surface area is 110 Å². The summed E-state index contributed by atoms with van der Waals surface area (Å²) in [5.74, 6) is 0. The fraction of sp³-hybridized carbons (Fsp3) is 1.00. The van der Waals surface area contributed by atoms with Crippen LogP contribution in [0.25, 0.3) is 0 Å². The molecule has 0 aromatic carbocycles. The van der Waals surface area contributed by atoms with Crippen molar-refractivity contribution in [1.29, 1.82) is 0 Å². The zero-order valence-electron chi connectivity index (χ0n) is 11.6. The van der Waals surface area contributed by atoms with E-state index in [4.69, 9.17) is 14.2 Å². The summed E-state index contributed by atoms with van der Waals surface area (Å²) in [7, 11) is 0. The minimum atomic E-state index is -0.454. The van der Waals surface area contributed by atoms with Crippen LogP contribution in [0.3, 0.4) is 0 Å². The first-order valence-corrected chi connectivity index (χ1v) is 6.91. The van der Waals surface area contributed by atoms with Gasteiger partial charge in [-0.05, 0) is 26.7 Å². The van der Waals surface area contributed by atoms with Crippen molar-refractivity contribution in [3.05, 3.63) is 0 Å². The third-order valence-electron chi connectivity index (χ3n) is 3.01. The number of aliphatic hydroxyl groups is 1. The molecule has 1 aliphatic heterocycles. The molecule has 0 spiro atoms. The van der Waals surface area contributed by atoms with Crippen LogP contribution < -0.4 is 5.32 Å². The van der Waals surface area contributed by atoms with E-state index in [0.717, 1.165) is 19.4 Å². The molecule has 0 aromatic heterocycles. The summed E-state index contributed by atoms with van der Waals surface area (Å²) in [5, 5.41) is 13.1. The van der Waals surface area contributed by atoms with Crippen LogP contribution in [0, 0.1) is 0 Å². The molecule has 0 amide bonds. The van der Waals surface area contributed by atoms with Crippen molar-refractivity contribution in [1.82, 2.24) is 5.32 Å². The summed E-state index contributed by atoms with van der Waals surface area (Å²) < 4.78 is 15.9. The van der Waals surface area contributed by atoms with Gasteiger partial charge in [0.25, 0.3) is 0 Å². The summed E-state index contributed by atoms with van der Waals surface area (Å²) in [5.41, 5.74) is 0. The highest BCUT2D eigenvalue weighted by Gasteiger charge is 2.19. The van der Waals surface area contributed by atoms with Crippen LogP contribution in [-0.4, -0.2) is 62.9 Å². The van der Waals surface area contributed by atoms with Crippen LogP contribution in [0.4, 0.5) is 0 Å². The van der Waals surface area contributed by atoms with Gasteiger partial charge in [-0.15, -0.1) is 0 Å². The molecule has 1 saturated heterocycles. The van der Waals surface area contributed by atoms with Gasteiger partial charge in [0.2, 0.25) is 0 Å². The van der Waals surface area contributed by atoms with Crippen molar-refractivity contribution < 1.29 is 19.3 Å². The second-order valence-corrected chi connectivity index (χ2v) is 4.74. The Kier molecular flexibility index (Phi) is 8.54. The monoisotopic (exact) mass is 261 g/mol. The van der Waals surface area contributed by atoms with Crippen molar-refractivity contribution in [2.45, 2.75) is 44.9 Å². The first-order valence-electron chi connectivity index (χ1n) is 6.91. The lowest BCUT2D eigenvalue weighted by Gasteiger charge is -2.28. The average Bonchev–Trinajstić information content (AvgIpc) is 2.36. The molecule has 0 aliphatic carbocycles. The van der Waals surface area contributed by atoms with E-state index < -0.39 is 6.10 Å². The van der Waals surface area contributed by atoms with E-state index in [1.165, 1.54) is 0 Å². The molecule has 5 nitrogen and oxygen atoms in total. The predicted octanol–water partition coefficient (Wildman–Crippen LogP) is 0.558. The van der Waals surface area contributed by atoms with Crippen molar-refractivity contribution in [3.8, 4) is 0 Å². The molecule has 1 aliphatic rings. The standard InChI is InChI=1S/C13H27NO4/c1-3-16-6-7-17-10-13(15)9-14-12-4-5-18-11(2)8-12/h11-15H,3-10H2,1-2H3. The van der Waals surface area contributed by atoms with Gasteiger partial charge in [-0.3, -0.25) is 0 Å². The van der Waals surface area contributed by atoms with E-state index in [1.54, 1.807) is 0 Å². The molecule has 108 valence electrons. The van der Waals surface area contributed by atoms with Crippen LogP contribution >= 0.6 is 0 Å². The van der Waals surface area contributed by atoms with E-state index in [2.05, 4.69) is 12.2 Å². The van der Waals surface area contributed by atoms with E-state index in [0.29, 0.717) is 45.1 Å². The van der Waals surface area contributed by atoms with Gasteiger partial charge in [-0.25, -0.2) is 0 Å². The van der Waals surface area contributed by atoms with E-state index in [9.17, 15) is 5.11 Å². The number of aliphatic hydroxyl groups excluding tert-OH is 1. The van der Waals surface area contributed by atoms with Crippen LogP contribution in [0.5, 0.6) is 0 Å². The number of hydrogen-bond acceptors (Lipinski definition) is 5. The first kappa shape index (κ1) is 15.9. The molecule has 0 saturated carbocycles. The molecule has 1 fully saturated rings. The molecular weight excluding hydrogens is 234 g/mol. The van der Waals surface area contributed by atoms with Crippen molar-refractivity contribution in [2.24, 2.45) is 0 Å². The highest BCUT2D eigenvalue weighted by atomic mass is 16.5.